The normalized spacial score (nSPS) is 21.2. The molecule has 2 aliphatic rings. The van der Waals surface area contributed by atoms with Crippen molar-refractivity contribution < 1.29 is 9.53 Å². The van der Waals surface area contributed by atoms with Crippen molar-refractivity contribution in [1.29, 1.82) is 0 Å². The van der Waals surface area contributed by atoms with Gasteiger partial charge in [0.25, 0.3) is 0 Å². The number of piperazine rings is 1. The molecule has 1 unspecified atom stereocenters. The minimum atomic E-state index is -0.677. The molecule has 0 bridgehead atoms. The molecule has 0 aliphatic carbocycles. The van der Waals surface area contributed by atoms with E-state index in [4.69, 9.17) is 4.74 Å². The van der Waals surface area contributed by atoms with Gasteiger partial charge in [-0.2, -0.15) is 0 Å². The molecule has 1 atom stereocenters. The fourth-order valence-corrected chi connectivity index (χ4v) is 4.72. The van der Waals surface area contributed by atoms with E-state index in [-0.39, 0.29) is 5.91 Å². The zero-order valence-corrected chi connectivity index (χ0v) is 19.0. The van der Waals surface area contributed by atoms with E-state index in [2.05, 4.69) is 45.9 Å². The van der Waals surface area contributed by atoms with Crippen LogP contribution in [0.2, 0.25) is 0 Å². The lowest BCUT2D eigenvalue weighted by Crippen LogP contribution is -2.60. The molecule has 31 heavy (non-hydrogen) atoms. The summed E-state index contributed by atoms with van der Waals surface area (Å²) in [7, 11) is 8.11. The van der Waals surface area contributed by atoms with E-state index < -0.39 is 5.54 Å². The van der Waals surface area contributed by atoms with Crippen LogP contribution in [0.25, 0.3) is 0 Å². The maximum atomic E-state index is 13.9. The van der Waals surface area contributed by atoms with Crippen LogP contribution in [0, 0.1) is 0 Å². The summed E-state index contributed by atoms with van der Waals surface area (Å²) in [5.74, 6) is 1.96. The van der Waals surface area contributed by atoms with Crippen LogP contribution in [0.3, 0.4) is 0 Å². The van der Waals surface area contributed by atoms with Crippen molar-refractivity contribution in [3.8, 4) is 5.75 Å². The largest absolute Gasteiger partial charge is 0.493 e. The molecule has 2 aliphatic heterocycles. The van der Waals surface area contributed by atoms with Gasteiger partial charge in [-0.05, 0) is 45.9 Å². The van der Waals surface area contributed by atoms with Crippen molar-refractivity contribution in [1.82, 2.24) is 19.7 Å². The van der Waals surface area contributed by atoms with Crippen molar-refractivity contribution in [2.24, 2.45) is 0 Å². The van der Waals surface area contributed by atoms with Gasteiger partial charge in [0.15, 0.2) is 0 Å². The molecule has 1 aromatic carbocycles. The third-order valence-corrected chi connectivity index (χ3v) is 6.37. The smallest absolute Gasteiger partial charge is 0.248 e. The van der Waals surface area contributed by atoms with E-state index >= 15 is 0 Å². The zero-order chi connectivity index (χ0) is 22.0. The second-order valence-electron chi connectivity index (χ2n) is 8.89. The second kappa shape index (κ2) is 8.85. The summed E-state index contributed by atoms with van der Waals surface area (Å²) in [4.78, 5) is 27.0. The lowest BCUT2D eigenvalue weighted by atomic mass is 9.81. The molecule has 7 nitrogen and oxygen atoms in total. The fraction of sp³-hybridized carbons (Fsp3) is 0.500. The lowest BCUT2D eigenvalue weighted by Gasteiger charge is -2.46. The monoisotopic (exact) mass is 423 g/mol. The van der Waals surface area contributed by atoms with E-state index in [1.165, 1.54) is 5.56 Å². The summed E-state index contributed by atoms with van der Waals surface area (Å²) in [5.41, 5.74) is 1.49. The highest BCUT2D eigenvalue weighted by molar-refractivity contribution is 5.89. The molecule has 3 heterocycles. The van der Waals surface area contributed by atoms with Crippen LogP contribution in [0.4, 0.5) is 5.82 Å². The number of para-hydroxylation sites is 1. The highest BCUT2D eigenvalue weighted by Gasteiger charge is 2.48. The van der Waals surface area contributed by atoms with Gasteiger partial charge >= 0.3 is 0 Å². The number of amides is 1. The standard InChI is InChI=1S/C24H33N5O2/c1-26(2)18-19-9-10-22(25-17-19)28-12-14-29(15-13-28)23(30)24(27(3)4)11-16-31-21-8-6-5-7-20(21)24/h5-10,17H,11-16,18H2,1-4H3. The summed E-state index contributed by atoms with van der Waals surface area (Å²) in [5, 5.41) is 0. The van der Waals surface area contributed by atoms with E-state index in [1.54, 1.807) is 0 Å². The summed E-state index contributed by atoms with van der Waals surface area (Å²) in [6, 6.07) is 12.2. The van der Waals surface area contributed by atoms with Crippen LogP contribution in [-0.4, -0.2) is 86.6 Å². The molecule has 1 saturated heterocycles. The number of aromatic nitrogens is 1. The Morgan fingerprint density at radius 2 is 1.81 bits per heavy atom. The highest BCUT2D eigenvalue weighted by Crippen LogP contribution is 2.41. The molecule has 0 spiro atoms. The van der Waals surface area contributed by atoms with Gasteiger partial charge in [-0.25, -0.2) is 4.98 Å². The van der Waals surface area contributed by atoms with Gasteiger partial charge in [0.05, 0.1) is 6.61 Å². The van der Waals surface area contributed by atoms with Gasteiger partial charge in [-0.3, -0.25) is 9.69 Å². The maximum absolute atomic E-state index is 13.9. The number of fused-ring (bicyclic) bond motifs is 1. The Hall–Kier alpha value is -2.64. The Labute approximate surface area is 185 Å². The van der Waals surface area contributed by atoms with Gasteiger partial charge in [0.2, 0.25) is 5.91 Å². The minimum absolute atomic E-state index is 0.169. The lowest BCUT2D eigenvalue weighted by molar-refractivity contribution is -0.146. The minimum Gasteiger partial charge on any atom is -0.493 e. The van der Waals surface area contributed by atoms with Crippen LogP contribution < -0.4 is 9.64 Å². The first-order valence-corrected chi connectivity index (χ1v) is 11.0. The van der Waals surface area contributed by atoms with E-state index in [0.717, 1.165) is 36.8 Å². The molecule has 0 N–H and O–H groups in total. The number of carbonyl (C=O) groups is 1. The summed E-state index contributed by atoms with van der Waals surface area (Å²) < 4.78 is 5.86. The van der Waals surface area contributed by atoms with Crippen LogP contribution >= 0.6 is 0 Å². The Kier molecular flexibility index (Phi) is 6.16. The molecule has 0 saturated carbocycles. The van der Waals surface area contributed by atoms with Gasteiger partial charge in [0.1, 0.15) is 17.1 Å². The Morgan fingerprint density at radius 1 is 1.06 bits per heavy atom. The molecule has 1 amide bonds. The number of ether oxygens (including phenoxy) is 1. The first-order chi connectivity index (χ1) is 14.9. The average Bonchev–Trinajstić information content (AvgIpc) is 2.78. The van der Waals surface area contributed by atoms with Crippen LogP contribution in [-0.2, 0) is 16.9 Å². The summed E-state index contributed by atoms with van der Waals surface area (Å²) in [6.45, 7) is 4.38. The molecular formula is C24H33N5O2. The first-order valence-electron chi connectivity index (χ1n) is 11.0. The predicted octanol–water partition coefficient (Wildman–Crippen LogP) is 2.03. The van der Waals surface area contributed by atoms with Crippen LogP contribution in [0.15, 0.2) is 42.6 Å². The number of pyridine rings is 1. The molecular weight excluding hydrogens is 390 g/mol. The van der Waals surface area contributed by atoms with Gasteiger partial charge in [-0.1, -0.05) is 24.3 Å². The predicted molar refractivity (Wildman–Crippen MR) is 122 cm³/mol. The quantitative estimate of drug-likeness (QED) is 0.734. The summed E-state index contributed by atoms with van der Waals surface area (Å²) in [6.07, 6.45) is 2.61. The topological polar surface area (TPSA) is 52.2 Å². The van der Waals surface area contributed by atoms with Gasteiger partial charge < -0.3 is 19.4 Å². The third kappa shape index (κ3) is 4.12. The highest BCUT2D eigenvalue weighted by atomic mass is 16.5. The van der Waals surface area contributed by atoms with E-state index in [0.29, 0.717) is 26.1 Å². The number of benzene rings is 1. The molecule has 4 rings (SSSR count). The fourth-order valence-electron chi connectivity index (χ4n) is 4.72. The molecule has 166 valence electrons. The third-order valence-electron chi connectivity index (χ3n) is 6.37. The number of carbonyl (C=O) groups excluding carboxylic acids is 1. The molecule has 7 heteroatoms. The Morgan fingerprint density at radius 3 is 2.45 bits per heavy atom. The van der Waals surface area contributed by atoms with Crippen LogP contribution in [0.5, 0.6) is 5.75 Å². The van der Waals surface area contributed by atoms with Crippen molar-refractivity contribution in [2.75, 3.05) is 65.9 Å². The number of anilines is 1. The molecule has 1 fully saturated rings. The SMILES string of the molecule is CN(C)Cc1ccc(N2CCN(C(=O)C3(N(C)C)CCOc4ccccc43)CC2)nc1. The van der Waals surface area contributed by atoms with Crippen molar-refractivity contribution in [3.05, 3.63) is 53.7 Å². The maximum Gasteiger partial charge on any atom is 0.248 e. The number of likely N-dealkylation sites (N-methyl/N-ethyl adjacent to an activating group) is 1. The number of hydrogen-bond donors (Lipinski definition) is 0. The number of nitrogens with zero attached hydrogens (tertiary/aromatic N) is 5. The number of hydrogen-bond acceptors (Lipinski definition) is 6. The Balaban J connectivity index is 1.48. The average molecular weight is 424 g/mol. The van der Waals surface area contributed by atoms with Crippen molar-refractivity contribution in [2.45, 2.75) is 18.5 Å². The molecule has 2 aromatic rings. The van der Waals surface area contributed by atoms with Crippen LogP contribution in [0.1, 0.15) is 17.5 Å². The molecule has 1 aromatic heterocycles. The van der Waals surface area contributed by atoms with Gasteiger partial charge in [-0.15, -0.1) is 0 Å². The van der Waals surface area contributed by atoms with E-state index in [1.807, 2.05) is 49.5 Å². The van der Waals surface area contributed by atoms with Gasteiger partial charge in [0, 0.05) is 50.9 Å². The van der Waals surface area contributed by atoms with E-state index in [9.17, 15) is 4.79 Å². The zero-order valence-electron chi connectivity index (χ0n) is 19.0. The summed E-state index contributed by atoms with van der Waals surface area (Å²) >= 11 is 0. The molecule has 0 radical (unpaired) electrons. The Bertz CT molecular complexity index is 906. The first kappa shape index (κ1) is 21.6. The number of rotatable bonds is 5. The van der Waals surface area contributed by atoms with Crippen molar-refractivity contribution >= 4 is 11.7 Å². The second-order valence-corrected chi connectivity index (χ2v) is 8.89. The van der Waals surface area contributed by atoms with Crippen molar-refractivity contribution in [3.63, 3.8) is 0 Å².